The Morgan fingerprint density at radius 3 is 1.40 bits per heavy atom. The Morgan fingerprint density at radius 2 is 1.30 bits per heavy atom. The van der Waals surface area contributed by atoms with Crippen molar-refractivity contribution in [3.8, 4) is 0 Å². The van der Waals surface area contributed by atoms with E-state index in [9.17, 15) is 26.3 Å². The first-order valence-electron chi connectivity index (χ1n) is 2.32. The van der Waals surface area contributed by atoms with Gasteiger partial charge in [0, 0.05) is 6.42 Å². The van der Waals surface area contributed by atoms with E-state index in [1.807, 2.05) is 0 Å². The third kappa shape index (κ3) is 2.07. The van der Waals surface area contributed by atoms with Crippen molar-refractivity contribution >= 4 is 0 Å². The first-order valence-corrected chi connectivity index (χ1v) is 2.32. The van der Waals surface area contributed by atoms with Gasteiger partial charge in [0.15, 0.2) is 0 Å². The van der Waals surface area contributed by atoms with Gasteiger partial charge in [0.1, 0.15) is 0 Å². The standard InChI is InChI=1S/C4H4F6/c5-2-1-3(6,7)4(8,9)10/h1-2H2. The van der Waals surface area contributed by atoms with Crippen molar-refractivity contribution in [1.82, 2.24) is 0 Å². The van der Waals surface area contributed by atoms with Crippen LogP contribution >= 0.6 is 0 Å². The monoisotopic (exact) mass is 166 g/mol. The van der Waals surface area contributed by atoms with Crippen molar-refractivity contribution in [3.63, 3.8) is 0 Å². The maximum Gasteiger partial charge on any atom is 0.453 e. The number of rotatable bonds is 2. The lowest BCUT2D eigenvalue weighted by Gasteiger charge is -2.17. The van der Waals surface area contributed by atoms with E-state index in [0.717, 1.165) is 0 Å². The van der Waals surface area contributed by atoms with Gasteiger partial charge in [-0.05, 0) is 0 Å². The van der Waals surface area contributed by atoms with Gasteiger partial charge in [0.25, 0.3) is 0 Å². The number of hydrogen-bond donors (Lipinski definition) is 0. The van der Waals surface area contributed by atoms with E-state index in [1.54, 1.807) is 0 Å². The average molecular weight is 166 g/mol. The summed E-state index contributed by atoms with van der Waals surface area (Å²) in [5.74, 6) is -4.89. The van der Waals surface area contributed by atoms with E-state index in [1.165, 1.54) is 0 Å². The van der Waals surface area contributed by atoms with E-state index in [2.05, 4.69) is 0 Å². The molecule has 0 saturated carbocycles. The molecule has 0 bridgehead atoms. The molecule has 0 aliphatic carbocycles. The quantitative estimate of drug-likeness (QED) is 0.553. The number of halogens is 6. The molecule has 0 nitrogen and oxygen atoms in total. The summed E-state index contributed by atoms with van der Waals surface area (Å²) in [5, 5.41) is 0. The predicted molar refractivity (Wildman–Crippen MR) is 21.6 cm³/mol. The topological polar surface area (TPSA) is 0 Å². The lowest BCUT2D eigenvalue weighted by Crippen LogP contribution is -2.36. The smallest absolute Gasteiger partial charge is 0.251 e. The highest BCUT2D eigenvalue weighted by molar-refractivity contribution is 4.74. The molecule has 10 heavy (non-hydrogen) atoms. The Labute approximate surface area is 52.8 Å². The van der Waals surface area contributed by atoms with Crippen LogP contribution < -0.4 is 0 Å². The normalized spacial score (nSPS) is 13.8. The van der Waals surface area contributed by atoms with Crippen molar-refractivity contribution in [2.45, 2.75) is 18.5 Å². The van der Waals surface area contributed by atoms with E-state index in [0.29, 0.717) is 0 Å². The second kappa shape index (κ2) is 2.67. The minimum Gasteiger partial charge on any atom is -0.251 e. The van der Waals surface area contributed by atoms with E-state index in [4.69, 9.17) is 0 Å². The molecule has 0 radical (unpaired) electrons. The molecule has 0 aromatic heterocycles. The van der Waals surface area contributed by atoms with E-state index in [-0.39, 0.29) is 0 Å². The van der Waals surface area contributed by atoms with Gasteiger partial charge < -0.3 is 0 Å². The molecular weight excluding hydrogens is 162 g/mol. The summed E-state index contributed by atoms with van der Waals surface area (Å²) in [6.45, 7) is -1.67. The molecule has 0 heterocycles. The molecule has 0 fully saturated rings. The Morgan fingerprint density at radius 1 is 0.900 bits per heavy atom. The van der Waals surface area contributed by atoms with Gasteiger partial charge in [-0.1, -0.05) is 0 Å². The number of alkyl halides is 6. The minimum absolute atomic E-state index is 1.67. The summed E-state index contributed by atoms with van der Waals surface area (Å²) in [5.41, 5.74) is 0. The molecular formula is C4H4F6. The Balaban J connectivity index is 4.10. The molecule has 0 atom stereocenters. The molecule has 0 saturated heterocycles. The molecule has 0 rings (SSSR count). The third-order valence-electron chi connectivity index (χ3n) is 0.823. The zero-order chi connectivity index (χ0) is 8.41. The molecule has 0 amide bonds. The maximum absolute atomic E-state index is 11.6. The van der Waals surface area contributed by atoms with Crippen LogP contribution in [0.25, 0.3) is 0 Å². The largest absolute Gasteiger partial charge is 0.453 e. The van der Waals surface area contributed by atoms with Gasteiger partial charge in [0.2, 0.25) is 0 Å². The first-order chi connectivity index (χ1) is 4.31. The Bertz CT molecular complexity index is 103. The molecule has 0 aromatic carbocycles. The molecule has 0 aliphatic rings. The molecule has 0 N–H and O–H groups in total. The van der Waals surface area contributed by atoms with E-state index >= 15 is 0 Å². The van der Waals surface area contributed by atoms with Gasteiger partial charge >= 0.3 is 12.1 Å². The van der Waals surface area contributed by atoms with Crippen LogP contribution in [0, 0.1) is 0 Å². The summed E-state index contributed by atoms with van der Waals surface area (Å²) in [6.07, 6.45) is -7.42. The molecule has 0 aliphatic heterocycles. The fourth-order valence-electron chi connectivity index (χ4n) is 0.260. The maximum atomic E-state index is 11.6. The van der Waals surface area contributed by atoms with Gasteiger partial charge in [-0.2, -0.15) is 22.0 Å². The van der Waals surface area contributed by atoms with Crippen molar-refractivity contribution in [2.24, 2.45) is 0 Å². The number of hydrogen-bond acceptors (Lipinski definition) is 0. The van der Waals surface area contributed by atoms with Crippen molar-refractivity contribution < 1.29 is 26.3 Å². The highest BCUT2D eigenvalue weighted by Crippen LogP contribution is 2.37. The van der Waals surface area contributed by atoms with Crippen LogP contribution in [0.15, 0.2) is 0 Å². The van der Waals surface area contributed by atoms with Crippen molar-refractivity contribution in [3.05, 3.63) is 0 Å². The average Bonchev–Trinajstić information content (AvgIpc) is 1.61. The van der Waals surface area contributed by atoms with E-state index < -0.39 is 25.2 Å². The van der Waals surface area contributed by atoms with Crippen LogP contribution in [0.3, 0.4) is 0 Å². The summed E-state index contributed by atoms with van der Waals surface area (Å²) in [4.78, 5) is 0. The SMILES string of the molecule is FCCC(F)(F)C(F)(F)F. The summed E-state index contributed by atoms with van der Waals surface area (Å²) in [6, 6.07) is 0. The fourth-order valence-corrected chi connectivity index (χ4v) is 0.260. The summed E-state index contributed by atoms with van der Waals surface area (Å²) >= 11 is 0. The predicted octanol–water partition coefficient (Wildman–Crippen LogP) is 2.54. The van der Waals surface area contributed by atoms with Crippen molar-refractivity contribution in [2.75, 3.05) is 6.67 Å². The third-order valence-corrected chi connectivity index (χ3v) is 0.823. The fraction of sp³-hybridized carbons (Fsp3) is 1.00. The molecule has 62 valence electrons. The van der Waals surface area contributed by atoms with Crippen LogP contribution in [0.4, 0.5) is 26.3 Å². The van der Waals surface area contributed by atoms with Gasteiger partial charge in [0.05, 0.1) is 6.67 Å². The van der Waals surface area contributed by atoms with Crippen LogP contribution in [-0.4, -0.2) is 18.8 Å². The Kier molecular flexibility index (Phi) is 2.56. The van der Waals surface area contributed by atoms with Gasteiger partial charge in [-0.25, -0.2) is 0 Å². The Hall–Kier alpha value is -0.420. The zero-order valence-electron chi connectivity index (χ0n) is 4.68. The molecule has 0 spiro atoms. The summed E-state index contributed by atoms with van der Waals surface area (Å²) < 4.78 is 67.5. The van der Waals surface area contributed by atoms with Gasteiger partial charge in [-0.15, -0.1) is 0 Å². The summed E-state index contributed by atoms with van der Waals surface area (Å²) in [7, 11) is 0. The van der Waals surface area contributed by atoms with Crippen LogP contribution in [0.5, 0.6) is 0 Å². The van der Waals surface area contributed by atoms with Crippen molar-refractivity contribution in [1.29, 1.82) is 0 Å². The molecule has 6 heteroatoms. The highest BCUT2D eigenvalue weighted by Gasteiger charge is 2.56. The first kappa shape index (κ1) is 9.58. The molecule has 0 aromatic rings. The molecule has 0 unspecified atom stereocenters. The second-order valence-corrected chi connectivity index (χ2v) is 1.64. The second-order valence-electron chi connectivity index (χ2n) is 1.64. The lowest BCUT2D eigenvalue weighted by molar-refractivity contribution is -0.284. The minimum atomic E-state index is -5.63. The van der Waals surface area contributed by atoms with Gasteiger partial charge in [-0.3, -0.25) is 4.39 Å². The van der Waals surface area contributed by atoms with Crippen LogP contribution in [0.2, 0.25) is 0 Å². The van der Waals surface area contributed by atoms with Crippen LogP contribution in [-0.2, 0) is 0 Å². The zero-order valence-corrected chi connectivity index (χ0v) is 4.68. The lowest BCUT2D eigenvalue weighted by atomic mass is 10.2. The van der Waals surface area contributed by atoms with Crippen LogP contribution in [0.1, 0.15) is 6.42 Å². The highest BCUT2D eigenvalue weighted by atomic mass is 19.4.